The lowest BCUT2D eigenvalue weighted by Crippen LogP contribution is -2.37. The van der Waals surface area contributed by atoms with Crippen LogP contribution in [0.15, 0.2) is 24.3 Å². The summed E-state index contributed by atoms with van der Waals surface area (Å²) in [6.45, 7) is 2.93. The molecule has 1 saturated carbocycles. The fraction of sp³-hybridized carbons (Fsp3) is 0.533. The van der Waals surface area contributed by atoms with E-state index in [-0.39, 0.29) is 17.1 Å². The van der Waals surface area contributed by atoms with Crippen LogP contribution in [0.3, 0.4) is 0 Å². The molecular weight excluding hydrogens is 226 g/mol. The van der Waals surface area contributed by atoms with Crippen molar-refractivity contribution < 1.29 is 9.90 Å². The Kier molecular flexibility index (Phi) is 3.90. The van der Waals surface area contributed by atoms with E-state index < -0.39 is 0 Å². The molecule has 3 nitrogen and oxygen atoms in total. The molecule has 2 rings (SSSR count). The van der Waals surface area contributed by atoms with Gasteiger partial charge in [0.1, 0.15) is 5.75 Å². The number of para-hydroxylation sites is 1. The highest BCUT2D eigenvalue weighted by molar-refractivity contribution is 5.96. The van der Waals surface area contributed by atoms with Crippen molar-refractivity contribution in [2.75, 3.05) is 6.54 Å². The molecule has 3 heteroatoms. The zero-order chi connectivity index (χ0) is 13.0. The second-order valence-electron chi connectivity index (χ2n) is 5.57. The molecule has 1 aliphatic carbocycles. The molecule has 1 aromatic carbocycles. The molecule has 1 aliphatic rings. The lowest BCUT2D eigenvalue weighted by Gasteiger charge is -2.33. The van der Waals surface area contributed by atoms with Gasteiger partial charge in [0.15, 0.2) is 0 Å². The highest BCUT2D eigenvalue weighted by atomic mass is 16.3. The molecule has 0 bridgehead atoms. The predicted octanol–water partition coefficient (Wildman–Crippen LogP) is 3.09. The number of rotatable bonds is 3. The third-order valence-corrected chi connectivity index (χ3v) is 3.89. The van der Waals surface area contributed by atoms with E-state index in [1.807, 2.05) is 0 Å². The van der Waals surface area contributed by atoms with E-state index in [0.717, 1.165) is 0 Å². The summed E-state index contributed by atoms with van der Waals surface area (Å²) in [5, 5.41) is 12.6. The SMILES string of the molecule is CC1(CNC(=O)c2ccccc2O)CCCCC1. The molecule has 0 saturated heterocycles. The van der Waals surface area contributed by atoms with E-state index in [1.165, 1.54) is 38.2 Å². The molecule has 2 N–H and O–H groups in total. The first-order valence-corrected chi connectivity index (χ1v) is 6.67. The minimum absolute atomic E-state index is 0.0452. The van der Waals surface area contributed by atoms with Gasteiger partial charge in [-0.25, -0.2) is 0 Å². The number of amides is 1. The molecule has 0 heterocycles. The average Bonchev–Trinajstić information content (AvgIpc) is 2.38. The molecule has 1 amide bonds. The molecule has 0 spiro atoms. The fourth-order valence-electron chi connectivity index (χ4n) is 2.64. The summed E-state index contributed by atoms with van der Waals surface area (Å²) in [5.41, 5.74) is 0.579. The van der Waals surface area contributed by atoms with Crippen molar-refractivity contribution in [3.05, 3.63) is 29.8 Å². The van der Waals surface area contributed by atoms with Gasteiger partial charge in [0.2, 0.25) is 0 Å². The standard InChI is InChI=1S/C15H21NO2/c1-15(9-5-2-6-10-15)11-16-14(18)12-7-3-4-8-13(12)17/h3-4,7-8,17H,2,5-6,9-11H2,1H3,(H,16,18). The van der Waals surface area contributed by atoms with Crippen LogP contribution in [0.5, 0.6) is 5.75 Å². The number of carbonyl (C=O) groups excluding carboxylic acids is 1. The van der Waals surface area contributed by atoms with E-state index in [9.17, 15) is 9.90 Å². The largest absolute Gasteiger partial charge is 0.507 e. The number of hydrogen-bond acceptors (Lipinski definition) is 2. The van der Waals surface area contributed by atoms with Crippen LogP contribution < -0.4 is 5.32 Å². The van der Waals surface area contributed by atoms with Gasteiger partial charge in [-0.1, -0.05) is 38.3 Å². The quantitative estimate of drug-likeness (QED) is 0.862. The number of aromatic hydroxyl groups is 1. The number of nitrogens with one attached hydrogen (secondary N) is 1. The third kappa shape index (κ3) is 3.03. The van der Waals surface area contributed by atoms with Crippen molar-refractivity contribution in [1.29, 1.82) is 0 Å². The topological polar surface area (TPSA) is 49.3 Å². The van der Waals surface area contributed by atoms with Crippen LogP contribution in [0.4, 0.5) is 0 Å². The zero-order valence-corrected chi connectivity index (χ0v) is 10.9. The third-order valence-electron chi connectivity index (χ3n) is 3.89. The summed E-state index contributed by atoms with van der Waals surface area (Å²) in [4.78, 5) is 12.0. The van der Waals surface area contributed by atoms with Crippen molar-refractivity contribution in [3.63, 3.8) is 0 Å². The maximum Gasteiger partial charge on any atom is 0.255 e. The zero-order valence-electron chi connectivity index (χ0n) is 10.9. The first-order chi connectivity index (χ1) is 8.61. The van der Waals surface area contributed by atoms with E-state index in [0.29, 0.717) is 12.1 Å². The van der Waals surface area contributed by atoms with Crippen LogP contribution in [-0.2, 0) is 0 Å². The Morgan fingerprint density at radius 3 is 2.61 bits per heavy atom. The smallest absolute Gasteiger partial charge is 0.255 e. The molecule has 0 atom stereocenters. The van der Waals surface area contributed by atoms with Gasteiger partial charge in [-0.2, -0.15) is 0 Å². The molecular formula is C15H21NO2. The van der Waals surface area contributed by atoms with Gasteiger partial charge in [-0.05, 0) is 30.4 Å². The Morgan fingerprint density at radius 1 is 1.28 bits per heavy atom. The van der Waals surface area contributed by atoms with E-state index in [1.54, 1.807) is 18.2 Å². The van der Waals surface area contributed by atoms with Crippen LogP contribution in [0, 0.1) is 5.41 Å². The summed E-state index contributed by atoms with van der Waals surface area (Å²) in [5.74, 6) is -0.135. The number of carbonyl (C=O) groups is 1. The van der Waals surface area contributed by atoms with E-state index in [4.69, 9.17) is 0 Å². The first-order valence-electron chi connectivity index (χ1n) is 6.67. The summed E-state index contributed by atoms with van der Waals surface area (Å²) in [6.07, 6.45) is 6.16. The maximum atomic E-state index is 12.0. The lowest BCUT2D eigenvalue weighted by molar-refractivity contribution is 0.0916. The highest BCUT2D eigenvalue weighted by Gasteiger charge is 2.27. The Balaban J connectivity index is 1.94. The van der Waals surface area contributed by atoms with Gasteiger partial charge in [0, 0.05) is 6.54 Å². The maximum absolute atomic E-state index is 12.0. The monoisotopic (exact) mass is 247 g/mol. The number of benzene rings is 1. The highest BCUT2D eigenvalue weighted by Crippen LogP contribution is 2.35. The van der Waals surface area contributed by atoms with Crippen LogP contribution in [0.25, 0.3) is 0 Å². The van der Waals surface area contributed by atoms with Crippen molar-refractivity contribution in [2.45, 2.75) is 39.0 Å². The molecule has 0 radical (unpaired) electrons. The van der Waals surface area contributed by atoms with Crippen LogP contribution in [0.2, 0.25) is 0 Å². The Bertz CT molecular complexity index is 422. The average molecular weight is 247 g/mol. The van der Waals surface area contributed by atoms with E-state index in [2.05, 4.69) is 12.2 Å². The van der Waals surface area contributed by atoms with Gasteiger partial charge in [-0.15, -0.1) is 0 Å². The Hall–Kier alpha value is -1.51. The van der Waals surface area contributed by atoms with Crippen LogP contribution in [0.1, 0.15) is 49.4 Å². The van der Waals surface area contributed by atoms with Gasteiger partial charge >= 0.3 is 0 Å². The minimum atomic E-state index is -0.181. The normalized spacial score (nSPS) is 18.3. The van der Waals surface area contributed by atoms with Gasteiger partial charge < -0.3 is 10.4 Å². The molecule has 0 aromatic heterocycles. The summed E-state index contributed by atoms with van der Waals surface area (Å²) in [7, 11) is 0. The minimum Gasteiger partial charge on any atom is -0.507 e. The first kappa shape index (κ1) is 12.9. The Labute approximate surface area is 108 Å². The fourth-order valence-corrected chi connectivity index (χ4v) is 2.64. The van der Waals surface area contributed by atoms with Crippen molar-refractivity contribution in [3.8, 4) is 5.75 Å². The second kappa shape index (κ2) is 5.42. The van der Waals surface area contributed by atoms with E-state index >= 15 is 0 Å². The molecule has 1 aromatic rings. The molecule has 0 unspecified atom stereocenters. The predicted molar refractivity (Wildman–Crippen MR) is 71.6 cm³/mol. The Morgan fingerprint density at radius 2 is 1.94 bits per heavy atom. The molecule has 18 heavy (non-hydrogen) atoms. The molecule has 1 fully saturated rings. The summed E-state index contributed by atoms with van der Waals surface area (Å²) < 4.78 is 0. The van der Waals surface area contributed by atoms with Gasteiger partial charge in [-0.3, -0.25) is 4.79 Å². The summed E-state index contributed by atoms with van der Waals surface area (Å²) >= 11 is 0. The van der Waals surface area contributed by atoms with Crippen LogP contribution in [-0.4, -0.2) is 17.6 Å². The number of phenols is 1. The van der Waals surface area contributed by atoms with Crippen molar-refractivity contribution in [1.82, 2.24) is 5.32 Å². The molecule has 0 aliphatic heterocycles. The summed E-state index contributed by atoms with van der Waals surface area (Å²) in [6, 6.07) is 6.66. The van der Waals surface area contributed by atoms with Crippen LogP contribution >= 0.6 is 0 Å². The van der Waals surface area contributed by atoms with Crippen molar-refractivity contribution in [2.24, 2.45) is 5.41 Å². The second-order valence-corrected chi connectivity index (χ2v) is 5.57. The number of hydrogen-bond donors (Lipinski definition) is 2. The van der Waals surface area contributed by atoms with Gasteiger partial charge in [0.05, 0.1) is 5.56 Å². The number of phenolic OH excluding ortho intramolecular Hbond substituents is 1. The lowest BCUT2D eigenvalue weighted by atomic mass is 9.76. The van der Waals surface area contributed by atoms with Gasteiger partial charge in [0.25, 0.3) is 5.91 Å². The van der Waals surface area contributed by atoms with Crippen molar-refractivity contribution >= 4 is 5.91 Å². The molecule has 98 valence electrons.